The van der Waals surface area contributed by atoms with Crippen LogP contribution in [0.2, 0.25) is 0 Å². The Bertz CT molecular complexity index is 427. The van der Waals surface area contributed by atoms with Gasteiger partial charge in [0.05, 0.1) is 17.8 Å². The molecule has 2 aliphatic rings. The van der Waals surface area contributed by atoms with E-state index in [4.69, 9.17) is 4.74 Å². The third-order valence-electron chi connectivity index (χ3n) is 3.75. The van der Waals surface area contributed by atoms with E-state index in [0.29, 0.717) is 0 Å². The van der Waals surface area contributed by atoms with Gasteiger partial charge in [-0.25, -0.2) is 0 Å². The summed E-state index contributed by atoms with van der Waals surface area (Å²) in [5, 5.41) is 0. The lowest BCUT2D eigenvalue weighted by Crippen LogP contribution is -2.15. The normalized spacial score (nSPS) is 32.1. The van der Waals surface area contributed by atoms with Gasteiger partial charge in [0.25, 0.3) is 0 Å². The van der Waals surface area contributed by atoms with E-state index >= 15 is 0 Å². The Morgan fingerprint density at radius 2 is 2.00 bits per heavy atom. The number of hydrogen-bond donors (Lipinski definition) is 0. The van der Waals surface area contributed by atoms with Crippen LogP contribution in [0.5, 0.6) is 0 Å². The van der Waals surface area contributed by atoms with Gasteiger partial charge in [-0.3, -0.25) is 0 Å². The number of benzene rings is 1. The molecule has 2 aliphatic heterocycles. The minimum Gasteiger partial charge on any atom is -0.374 e. The standard InChI is InChI=1S/C13H13F3O/c14-13(15,16)9-3-1-2-8(6-9)11-7-10-4-5-12(11)17-10/h1-3,6,10-12H,4-5,7H2. The lowest BCUT2D eigenvalue weighted by molar-refractivity contribution is -0.137. The molecule has 0 saturated carbocycles. The molecule has 2 fully saturated rings. The zero-order valence-corrected chi connectivity index (χ0v) is 9.20. The maximum Gasteiger partial charge on any atom is 0.416 e. The summed E-state index contributed by atoms with van der Waals surface area (Å²) < 4.78 is 43.5. The molecule has 1 aromatic carbocycles. The molecule has 2 heterocycles. The third-order valence-corrected chi connectivity index (χ3v) is 3.75. The van der Waals surface area contributed by atoms with Gasteiger partial charge in [-0.15, -0.1) is 0 Å². The first kappa shape index (κ1) is 11.1. The van der Waals surface area contributed by atoms with Crippen LogP contribution in [0.25, 0.3) is 0 Å². The van der Waals surface area contributed by atoms with Crippen LogP contribution in [-0.2, 0) is 10.9 Å². The van der Waals surface area contributed by atoms with Crippen LogP contribution in [0.1, 0.15) is 36.3 Å². The molecular formula is C13H13F3O. The van der Waals surface area contributed by atoms with Crippen LogP contribution < -0.4 is 0 Å². The van der Waals surface area contributed by atoms with Crippen molar-refractivity contribution in [2.24, 2.45) is 0 Å². The van der Waals surface area contributed by atoms with Crippen LogP contribution in [0.3, 0.4) is 0 Å². The van der Waals surface area contributed by atoms with Crippen molar-refractivity contribution in [1.82, 2.24) is 0 Å². The van der Waals surface area contributed by atoms with E-state index in [1.807, 2.05) is 0 Å². The van der Waals surface area contributed by atoms with Crippen LogP contribution in [0.15, 0.2) is 24.3 Å². The summed E-state index contributed by atoms with van der Waals surface area (Å²) in [6.45, 7) is 0. The Balaban J connectivity index is 1.89. The summed E-state index contributed by atoms with van der Waals surface area (Å²) in [6.07, 6.45) is -0.963. The highest BCUT2D eigenvalue weighted by Crippen LogP contribution is 2.45. The first-order chi connectivity index (χ1) is 8.04. The van der Waals surface area contributed by atoms with E-state index in [-0.39, 0.29) is 18.1 Å². The van der Waals surface area contributed by atoms with Gasteiger partial charge in [0.15, 0.2) is 0 Å². The number of hydrogen-bond acceptors (Lipinski definition) is 1. The van der Waals surface area contributed by atoms with Crippen LogP contribution in [0.4, 0.5) is 13.2 Å². The molecule has 3 rings (SSSR count). The molecule has 1 aromatic rings. The minimum absolute atomic E-state index is 0.128. The van der Waals surface area contributed by atoms with Crippen molar-refractivity contribution in [3.05, 3.63) is 35.4 Å². The predicted molar refractivity (Wildman–Crippen MR) is 56.7 cm³/mol. The average Bonchev–Trinajstić information content (AvgIpc) is 2.89. The van der Waals surface area contributed by atoms with Gasteiger partial charge in [-0.05, 0) is 30.9 Å². The lowest BCUT2D eigenvalue weighted by Gasteiger charge is -2.20. The van der Waals surface area contributed by atoms with Crippen LogP contribution in [0, 0.1) is 0 Å². The molecule has 0 aliphatic carbocycles. The number of fused-ring (bicyclic) bond motifs is 2. The summed E-state index contributed by atoms with van der Waals surface area (Å²) in [5.74, 6) is 0.149. The number of alkyl halides is 3. The van der Waals surface area contributed by atoms with Crippen LogP contribution >= 0.6 is 0 Å². The van der Waals surface area contributed by atoms with Crippen molar-refractivity contribution in [2.75, 3.05) is 0 Å². The first-order valence-corrected chi connectivity index (χ1v) is 5.86. The van der Waals surface area contributed by atoms with Crippen molar-refractivity contribution in [3.8, 4) is 0 Å². The highest BCUT2D eigenvalue weighted by Gasteiger charge is 2.42. The summed E-state index contributed by atoms with van der Waals surface area (Å²) in [7, 11) is 0. The smallest absolute Gasteiger partial charge is 0.374 e. The lowest BCUT2D eigenvalue weighted by atomic mass is 9.83. The Kier molecular flexibility index (Phi) is 2.43. The summed E-state index contributed by atoms with van der Waals surface area (Å²) in [5.41, 5.74) is 0.213. The molecule has 0 radical (unpaired) electrons. The quantitative estimate of drug-likeness (QED) is 0.729. The minimum atomic E-state index is -4.26. The fourth-order valence-corrected chi connectivity index (χ4v) is 2.93. The van der Waals surface area contributed by atoms with E-state index < -0.39 is 11.7 Å². The van der Waals surface area contributed by atoms with E-state index in [1.165, 1.54) is 12.1 Å². The summed E-state index contributed by atoms with van der Waals surface area (Å²) in [4.78, 5) is 0. The van der Waals surface area contributed by atoms with Gasteiger partial charge in [0, 0.05) is 5.92 Å². The Labute approximate surface area is 97.6 Å². The van der Waals surface area contributed by atoms with E-state index in [1.54, 1.807) is 6.07 Å². The molecule has 0 spiro atoms. The fourth-order valence-electron chi connectivity index (χ4n) is 2.93. The number of halogens is 3. The summed E-state index contributed by atoms with van der Waals surface area (Å²) >= 11 is 0. The van der Waals surface area contributed by atoms with Gasteiger partial charge in [0.1, 0.15) is 0 Å². The van der Waals surface area contributed by atoms with Gasteiger partial charge in [-0.2, -0.15) is 13.2 Å². The Hall–Kier alpha value is -1.03. The molecule has 92 valence electrons. The molecule has 4 heteroatoms. The van der Waals surface area contributed by atoms with Crippen molar-refractivity contribution >= 4 is 0 Å². The van der Waals surface area contributed by atoms with Gasteiger partial charge in [-0.1, -0.05) is 18.2 Å². The molecule has 0 aromatic heterocycles. The molecule has 0 N–H and O–H groups in total. The van der Waals surface area contributed by atoms with E-state index in [9.17, 15) is 13.2 Å². The first-order valence-electron chi connectivity index (χ1n) is 5.86. The molecule has 3 atom stereocenters. The Morgan fingerprint density at radius 1 is 1.18 bits per heavy atom. The zero-order chi connectivity index (χ0) is 12.0. The predicted octanol–water partition coefficient (Wildman–Crippen LogP) is 3.74. The maximum atomic E-state index is 12.6. The van der Waals surface area contributed by atoms with Crippen molar-refractivity contribution in [1.29, 1.82) is 0 Å². The van der Waals surface area contributed by atoms with Crippen LogP contribution in [-0.4, -0.2) is 12.2 Å². The highest BCUT2D eigenvalue weighted by molar-refractivity contribution is 5.30. The maximum absolute atomic E-state index is 12.6. The second-order valence-electron chi connectivity index (χ2n) is 4.84. The second kappa shape index (κ2) is 3.73. The Morgan fingerprint density at radius 3 is 2.59 bits per heavy atom. The number of rotatable bonds is 1. The molecule has 2 bridgehead atoms. The molecule has 3 unspecified atom stereocenters. The largest absolute Gasteiger partial charge is 0.416 e. The monoisotopic (exact) mass is 242 g/mol. The van der Waals surface area contributed by atoms with Crippen molar-refractivity contribution < 1.29 is 17.9 Å². The second-order valence-corrected chi connectivity index (χ2v) is 4.84. The summed E-state index contributed by atoms with van der Waals surface area (Å²) in [6, 6.07) is 5.67. The molecule has 0 amide bonds. The van der Waals surface area contributed by atoms with Crippen molar-refractivity contribution in [3.63, 3.8) is 0 Å². The van der Waals surface area contributed by atoms with Gasteiger partial charge >= 0.3 is 6.18 Å². The zero-order valence-electron chi connectivity index (χ0n) is 9.20. The topological polar surface area (TPSA) is 9.23 Å². The molecule has 2 saturated heterocycles. The third kappa shape index (κ3) is 1.95. The molecule has 1 nitrogen and oxygen atoms in total. The molecular weight excluding hydrogens is 229 g/mol. The molecule has 17 heavy (non-hydrogen) atoms. The van der Waals surface area contributed by atoms with E-state index in [2.05, 4.69) is 0 Å². The van der Waals surface area contributed by atoms with E-state index in [0.717, 1.165) is 30.9 Å². The SMILES string of the molecule is FC(F)(F)c1cccc(C2CC3CCC2O3)c1. The number of ether oxygens (including phenoxy) is 1. The highest BCUT2D eigenvalue weighted by atomic mass is 19.4. The van der Waals surface area contributed by atoms with Gasteiger partial charge in [0.2, 0.25) is 0 Å². The average molecular weight is 242 g/mol. The van der Waals surface area contributed by atoms with Gasteiger partial charge < -0.3 is 4.74 Å². The fraction of sp³-hybridized carbons (Fsp3) is 0.538. The van der Waals surface area contributed by atoms with Crippen molar-refractivity contribution in [2.45, 2.75) is 43.6 Å².